The second kappa shape index (κ2) is 7.97. The summed E-state index contributed by atoms with van der Waals surface area (Å²) in [6.45, 7) is 2.18. The van der Waals surface area contributed by atoms with Crippen LogP contribution in [0.3, 0.4) is 0 Å². The molecular formula is C19H16ClN5O2S. The summed E-state index contributed by atoms with van der Waals surface area (Å²) in [7, 11) is 0. The fourth-order valence-corrected chi connectivity index (χ4v) is 3.62. The van der Waals surface area contributed by atoms with Crippen LogP contribution < -0.4 is 10.6 Å². The molecule has 0 radical (unpaired) electrons. The van der Waals surface area contributed by atoms with E-state index in [1.807, 2.05) is 54.6 Å². The lowest BCUT2D eigenvalue weighted by molar-refractivity contribution is -0.00107. The molecule has 3 aromatic rings. The number of urea groups is 1. The molecule has 0 unspecified atom stereocenters. The number of carbonyl (C=O) groups excluding carboxylic acids is 1. The molecule has 142 valence electrons. The maximum Gasteiger partial charge on any atom is 0.324 e. The Morgan fingerprint density at radius 1 is 1.18 bits per heavy atom. The first-order valence-corrected chi connectivity index (χ1v) is 9.59. The van der Waals surface area contributed by atoms with Gasteiger partial charge in [-0.3, -0.25) is 10.2 Å². The van der Waals surface area contributed by atoms with Gasteiger partial charge in [0, 0.05) is 34.6 Å². The van der Waals surface area contributed by atoms with E-state index in [9.17, 15) is 4.79 Å². The highest BCUT2D eigenvalue weighted by Crippen LogP contribution is 2.36. The van der Waals surface area contributed by atoms with Crippen molar-refractivity contribution in [3.8, 4) is 11.1 Å². The first-order chi connectivity index (χ1) is 13.6. The average molecular weight is 414 g/mol. The standard InChI is InChI=1S/C19H16ClN5O2S/c1-12-18(28-24-23-12)22-19(26)21-14-7-8-15(13-5-3-2-4-6-13)16(11-14)17-9-10-27-25(17)20/h2-9,11H,10H2,1H3,(H2,21,22,26). The number of anilines is 2. The SMILES string of the molecule is Cc1nnsc1NC(=O)Nc1ccc(-c2ccccc2)c(C2=CCON2Cl)c1. The van der Waals surface area contributed by atoms with Gasteiger partial charge in [0.15, 0.2) is 0 Å². The zero-order chi connectivity index (χ0) is 19.5. The molecule has 0 saturated heterocycles. The van der Waals surface area contributed by atoms with Crippen LogP contribution in [0, 0.1) is 6.92 Å². The van der Waals surface area contributed by atoms with Crippen LogP contribution in [-0.2, 0) is 4.84 Å². The Morgan fingerprint density at radius 3 is 2.68 bits per heavy atom. The first-order valence-electron chi connectivity index (χ1n) is 8.47. The molecule has 0 atom stereocenters. The van der Waals surface area contributed by atoms with Crippen molar-refractivity contribution >= 4 is 45.7 Å². The Bertz CT molecular complexity index is 1040. The van der Waals surface area contributed by atoms with Gasteiger partial charge in [0.1, 0.15) is 5.00 Å². The Kier molecular flexibility index (Phi) is 5.25. The summed E-state index contributed by atoms with van der Waals surface area (Å²) < 4.78 is 5.03. The van der Waals surface area contributed by atoms with E-state index in [0.717, 1.165) is 33.9 Å². The van der Waals surface area contributed by atoms with Gasteiger partial charge < -0.3 is 5.32 Å². The van der Waals surface area contributed by atoms with Gasteiger partial charge in [0.25, 0.3) is 0 Å². The van der Waals surface area contributed by atoms with E-state index in [0.29, 0.717) is 23.0 Å². The van der Waals surface area contributed by atoms with Gasteiger partial charge >= 0.3 is 6.03 Å². The normalized spacial score (nSPS) is 13.4. The number of hydroxylamine groups is 1. The van der Waals surface area contributed by atoms with Crippen molar-refractivity contribution in [1.82, 2.24) is 14.2 Å². The van der Waals surface area contributed by atoms with E-state index >= 15 is 0 Å². The van der Waals surface area contributed by atoms with Gasteiger partial charge in [-0.05, 0) is 36.3 Å². The van der Waals surface area contributed by atoms with E-state index in [1.165, 1.54) is 4.58 Å². The Morgan fingerprint density at radius 2 is 2.00 bits per heavy atom. The van der Waals surface area contributed by atoms with Crippen LogP contribution in [0.1, 0.15) is 11.3 Å². The third-order valence-electron chi connectivity index (χ3n) is 4.17. The molecular weight excluding hydrogens is 398 g/mol. The topological polar surface area (TPSA) is 79.4 Å². The van der Waals surface area contributed by atoms with Crippen LogP contribution in [0.25, 0.3) is 16.8 Å². The predicted molar refractivity (Wildman–Crippen MR) is 111 cm³/mol. The predicted octanol–water partition coefficient (Wildman–Crippen LogP) is 4.90. The van der Waals surface area contributed by atoms with Gasteiger partial charge in [-0.15, -0.1) is 5.10 Å². The van der Waals surface area contributed by atoms with Crippen LogP contribution in [0.5, 0.6) is 0 Å². The second-order valence-corrected chi connectivity index (χ2v) is 7.08. The van der Waals surface area contributed by atoms with Crippen molar-refractivity contribution in [2.75, 3.05) is 17.2 Å². The monoisotopic (exact) mass is 413 g/mol. The minimum absolute atomic E-state index is 0.369. The Hall–Kier alpha value is -2.94. The van der Waals surface area contributed by atoms with Crippen LogP contribution in [0.4, 0.5) is 15.5 Å². The molecule has 1 aromatic heterocycles. The van der Waals surface area contributed by atoms with Gasteiger partial charge in [-0.25, -0.2) is 4.79 Å². The number of aromatic nitrogens is 2. The fraction of sp³-hybridized carbons (Fsp3) is 0.105. The Balaban J connectivity index is 1.64. The number of nitrogens with one attached hydrogen (secondary N) is 2. The minimum atomic E-state index is -0.369. The molecule has 2 amide bonds. The van der Waals surface area contributed by atoms with Crippen molar-refractivity contribution in [2.45, 2.75) is 6.92 Å². The summed E-state index contributed by atoms with van der Waals surface area (Å²) in [5.74, 6) is 0. The average Bonchev–Trinajstić information content (AvgIpc) is 3.30. The van der Waals surface area contributed by atoms with Crippen molar-refractivity contribution in [1.29, 1.82) is 0 Å². The number of hydrogen-bond donors (Lipinski definition) is 2. The molecule has 9 heteroatoms. The van der Waals surface area contributed by atoms with Crippen molar-refractivity contribution in [3.05, 3.63) is 65.9 Å². The Labute approximate surface area is 170 Å². The summed E-state index contributed by atoms with van der Waals surface area (Å²) in [4.78, 5) is 17.6. The lowest BCUT2D eigenvalue weighted by atomic mass is 9.97. The second-order valence-electron chi connectivity index (χ2n) is 6.02. The summed E-state index contributed by atoms with van der Waals surface area (Å²) >= 11 is 7.30. The third kappa shape index (κ3) is 3.84. The number of nitrogens with zero attached hydrogens (tertiary/aromatic N) is 3. The molecule has 0 saturated carbocycles. The number of hydrogen-bond acceptors (Lipinski definition) is 6. The first kappa shape index (κ1) is 18.4. The van der Waals surface area contributed by atoms with E-state index in [2.05, 4.69) is 20.2 Å². The molecule has 1 aliphatic heterocycles. The molecule has 1 aliphatic rings. The number of aryl methyl sites for hydroxylation is 1. The summed E-state index contributed by atoms with van der Waals surface area (Å²) in [6, 6.07) is 15.2. The molecule has 7 nitrogen and oxygen atoms in total. The van der Waals surface area contributed by atoms with E-state index in [1.54, 1.807) is 6.92 Å². The van der Waals surface area contributed by atoms with Crippen LogP contribution in [0.2, 0.25) is 0 Å². The molecule has 2 N–H and O–H groups in total. The molecule has 4 rings (SSSR count). The highest BCUT2D eigenvalue weighted by molar-refractivity contribution is 7.10. The molecule has 2 aromatic carbocycles. The molecule has 2 heterocycles. The molecule has 0 aliphatic carbocycles. The van der Waals surface area contributed by atoms with Crippen LogP contribution in [-0.4, -0.2) is 26.8 Å². The maximum absolute atomic E-state index is 12.3. The van der Waals surface area contributed by atoms with Gasteiger partial charge in [-0.1, -0.05) is 40.9 Å². The fourth-order valence-electron chi connectivity index (χ4n) is 2.84. The lowest BCUT2D eigenvalue weighted by Crippen LogP contribution is -2.19. The van der Waals surface area contributed by atoms with Gasteiger partial charge in [-0.2, -0.15) is 4.58 Å². The van der Waals surface area contributed by atoms with Gasteiger partial charge in [0.05, 0.1) is 18.0 Å². The van der Waals surface area contributed by atoms with Crippen molar-refractivity contribution in [2.24, 2.45) is 0 Å². The zero-order valence-electron chi connectivity index (χ0n) is 14.8. The molecule has 28 heavy (non-hydrogen) atoms. The molecule has 0 fully saturated rings. The smallest absolute Gasteiger partial charge is 0.308 e. The van der Waals surface area contributed by atoms with E-state index in [4.69, 9.17) is 16.6 Å². The van der Waals surface area contributed by atoms with Gasteiger partial charge in [0.2, 0.25) is 0 Å². The number of carbonyl (C=O) groups is 1. The zero-order valence-corrected chi connectivity index (χ0v) is 16.4. The number of rotatable bonds is 4. The summed E-state index contributed by atoms with van der Waals surface area (Å²) in [5.41, 5.74) is 4.90. The minimum Gasteiger partial charge on any atom is -0.308 e. The van der Waals surface area contributed by atoms with E-state index < -0.39 is 0 Å². The summed E-state index contributed by atoms with van der Waals surface area (Å²) in [5, 5.41) is 10.1. The van der Waals surface area contributed by atoms with Crippen LogP contribution >= 0.6 is 23.3 Å². The number of halogens is 1. The van der Waals surface area contributed by atoms with Crippen LogP contribution in [0.15, 0.2) is 54.6 Å². The highest BCUT2D eigenvalue weighted by atomic mass is 35.5. The third-order valence-corrected chi connectivity index (χ3v) is 5.19. The number of benzene rings is 2. The quantitative estimate of drug-likeness (QED) is 0.595. The van der Waals surface area contributed by atoms with Crippen molar-refractivity contribution < 1.29 is 9.63 Å². The highest BCUT2D eigenvalue weighted by Gasteiger charge is 2.20. The number of amides is 2. The van der Waals surface area contributed by atoms with Crippen molar-refractivity contribution in [3.63, 3.8) is 0 Å². The maximum atomic E-state index is 12.3. The summed E-state index contributed by atoms with van der Waals surface area (Å²) in [6.07, 6.45) is 1.89. The lowest BCUT2D eigenvalue weighted by Gasteiger charge is -2.17. The molecule has 0 bridgehead atoms. The van der Waals surface area contributed by atoms with E-state index in [-0.39, 0.29) is 6.03 Å². The molecule has 0 spiro atoms. The largest absolute Gasteiger partial charge is 0.324 e.